The van der Waals surface area contributed by atoms with Crippen molar-refractivity contribution in [3.05, 3.63) is 27.9 Å². The van der Waals surface area contributed by atoms with Crippen LogP contribution < -0.4 is 10.6 Å². The Morgan fingerprint density at radius 2 is 0.867 bits per heavy atom. The number of H-pyrrole nitrogens is 1. The van der Waals surface area contributed by atoms with Crippen molar-refractivity contribution in [3.63, 3.8) is 0 Å². The highest BCUT2D eigenvalue weighted by Gasteiger charge is 2.26. The predicted octanol–water partition coefficient (Wildman–Crippen LogP) is 16.7. The van der Waals surface area contributed by atoms with E-state index in [1.165, 1.54) is 159 Å². The average Bonchev–Trinajstić information content (AvgIpc) is 3.78. The van der Waals surface area contributed by atoms with E-state index in [-0.39, 0.29) is 17.2 Å². The maximum atomic E-state index is 13.2. The van der Waals surface area contributed by atoms with Gasteiger partial charge in [-0.1, -0.05) is 238 Å². The fourth-order valence-electron chi connectivity index (χ4n) is 8.09. The Labute approximate surface area is 375 Å². The molecule has 0 spiro atoms. The summed E-state index contributed by atoms with van der Waals surface area (Å²) in [5.41, 5.74) is 2.63. The molecular weight excluding hydrogens is 787 g/mol. The van der Waals surface area contributed by atoms with E-state index in [0.717, 1.165) is 44.2 Å². The summed E-state index contributed by atoms with van der Waals surface area (Å²) in [6.07, 6.45) is 39.2. The largest absolute Gasteiger partial charge is 0.325 e. The normalized spacial score (nSPS) is 11.8. The highest BCUT2D eigenvalue weighted by Crippen LogP contribution is 2.37. The Morgan fingerprint density at radius 1 is 0.533 bits per heavy atom. The van der Waals surface area contributed by atoms with Crippen molar-refractivity contribution in [1.82, 2.24) is 19.8 Å². The van der Waals surface area contributed by atoms with E-state index in [2.05, 4.69) is 60.4 Å². The molecular formula is C50H84Cl2N6O2. The summed E-state index contributed by atoms with van der Waals surface area (Å²) in [5.74, 6) is 0.323. The third kappa shape index (κ3) is 20.5. The summed E-state index contributed by atoms with van der Waals surface area (Å²) in [6.45, 7) is 10.7. The topological polar surface area (TPSA) is 104 Å². The quantitative estimate of drug-likeness (QED) is 0.0512. The van der Waals surface area contributed by atoms with E-state index in [1.54, 1.807) is 12.1 Å². The average molecular weight is 872 g/mol. The highest BCUT2D eigenvalue weighted by molar-refractivity contribution is 6.37. The van der Waals surface area contributed by atoms with Gasteiger partial charge in [-0.2, -0.15) is 5.10 Å². The van der Waals surface area contributed by atoms with Crippen molar-refractivity contribution in [3.8, 4) is 11.4 Å². The summed E-state index contributed by atoms with van der Waals surface area (Å²) in [5, 5.41) is 16.2. The smallest absolute Gasteiger partial charge is 0.224 e. The molecule has 10 heteroatoms. The molecule has 2 heterocycles. The van der Waals surface area contributed by atoms with Gasteiger partial charge in [-0.25, -0.2) is 0 Å². The zero-order valence-electron chi connectivity index (χ0n) is 38.7. The minimum absolute atomic E-state index is 0.0917. The molecule has 0 aliphatic carbocycles. The van der Waals surface area contributed by atoms with Gasteiger partial charge in [-0.05, 0) is 25.0 Å². The first-order valence-corrected chi connectivity index (χ1v) is 25.4. The molecule has 0 unspecified atom stereocenters. The lowest BCUT2D eigenvalue weighted by molar-refractivity contribution is -0.117. The fourth-order valence-corrected chi connectivity index (χ4v) is 8.74. The Hall–Kier alpha value is -2.58. The number of amides is 2. The number of rotatable bonds is 35. The summed E-state index contributed by atoms with van der Waals surface area (Å²) in [7, 11) is 0. The molecule has 0 bridgehead atoms. The van der Waals surface area contributed by atoms with Crippen LogP contribution in [0.15, 0.2) is 12.1 Å². The molecule has 0 saturated carbocycles. The van der Waals surface area contributed by atoms with E-state index < -0.39 is 0 Å². The molecule has 0 aliphatic rings. The number of anilines is 2. The number of halogens is 2. The Morgan fingerprint density at radius 3 is 1.18 bits per heavy atom. The first-order valence-electron chi connectivity index (χ1n) is 24.6. The van der Waals surface area contributed by atoms with Gasteiger partial charge in [0.15, 0.2) is 11.5 Å². The maximum Gasteiger partial charge on any atom is 0.224 e. The molecule has 3 rings (SSSR count). The van der Waals surface area contributed by atoms with Gasteiger partial charge < -0.3 is 15.6 Å². The van der Waals surface area contributed by atoms with Crippen molar-refractivity contribution in [2.75, 3.05) is 10.6 Å². The molecule has 0 aliphatic heterocycles. The van der Waals surface area contributed by atoms with Gasteiger partial charge in [0.05, 0.1) is 22.1 Å². The first-order chi connectivity index (χ1) is 29.0. The number of carbonyl (C=O) groups is 2. The van der Waals surface area contributed by atoms with Crippen molar-refractivity contribution >= 4 is 52.0 Å². The minimum atomic E-state index is -0.250. The zero-order valence-corrected chi connectivity index (χ0v) is 40.2. The lowest BCUT2D eigenvalue weighted by Gasteiger charge is -2.15. The van der Waals surface area contributed by atoms with Gasteiger partial charge in [0.2, 0.25) is 11.8 Å². The predicted molar refractivity (Wildman–Crippen MR) is 258 cm³/mol. The second-order valence-corrected chi connectivity index (χ2v) is 19.4. The Kier molecular flexibility index (Phi) is 26.3. The molecule has 0 radical (unpaired) electrons. The number of carbonyl (C=O) groups excluding carboxylic acids is 2. The first kappa shape index (κ1) is 51.8. The summed E-state index contributed by atoms with van der Waals surface area (Å²) in [4.78, 5) is 29.7. The minimum Gasteiger partial charge on any atom is -0.325 e. The second kappa shape index (κ2) is 30.5. The molecule has 1 aromatic carbocycles. The summed E-state index contributed by atoms with van der Waals surface area (Å²) in [6, 6.07) is 3.60. The number of hydrogen-bond donors (Lipinski definition) is 3. The number of aromatic amines is 1. The number of nitrogens with one attached hydrogen (secondary N) is 3. The molecule has 2 amide bonds. The lowest BCUT2D eigenvalue weighted by atomic mass is 9.92. The van der Waals surface area contributed by atoms with Crippen molar-refractivity contribution < 1.29 is 9.59 Å². The Bertz CT molecular complexity index is 1560. The van der Waals surface area contributed by atoms with E-state index in [0.29, 0.717) is 51.3 Å². The maximum absolute atomic E-state index is 13.2. The van der Waals surface area contributed by atoms with E-state index in [4.69, 9.17) is 23.2 Å². The Balaban J connectivity index is 1.46. The molecule has 8 nitrogen and oxygen atoms in total. The van der Waals surface area contributed by atoms with Crippen LogP contribution in [0.3, 0.4) is 0 Å². The fraction of sp³-hybridized carbons (Fsp3) is 0.760. The number of unbranched alkanes of at least 4 members (excludes halogenated alkanes) is 28. The van der Waals surface area contributed by atoms with Crippen LogP contribution in [0.1, 0.15) is 246 Å². The van der Waals surface area contributed by atoms with Crippen molar-refractivity contribution in [2.24, 2.45) is 0 Å². The standard InChI is InChI=1S/C50H84Cl2N6O2/c1-6-8-10-12-14-16-18-20-22-24-26-28-30-32-34-36-43(59)53-41-38-40(48-55-49-46(52)47(50(3,4)5)56-58(49)57-48)39-42(45(41)51)54-44(60)37-35-33-31-29-27-25-23-21-19-17-15-13-11-9-7-2/h38-39H,6-37H2,1-5H3,(H,53,59)(H,54,60)(H,55,57). The van der Waals surface area contributed by atoms with Gasteiger partial charge in [0, 0.05) is 23.8 Å². The number of hydrogen-bond acceptors (Lipinski definition) is 4. The third-order valence-electron chi connectivity index (χ3n) is 11.9. The number of aromatic nitrogens is 4. The van der Waals surface area contributed by atoms with Crippen LogP contribution in [0, 0.1) is 0 Å². The monoisotopic (exact) mass is 871 g/mol. The molecule has 2 aromatic heterocycles. The van der Waals surface area contributed by atoms with Gasteiger partial charge in [0.25, 0.3) is 0 Å². The zero-order chi connectivity index (χ0) is 43.4. The molecule has 3 N–H and O–H groups in total. The van der Waals surface area contributed by atoms with Gasteiger partial charge in [-0.15, -0.1) is 9.73 Å². The summed E-state index contributed by atoms with van der Waals surface area (Å²) >= 11 is 13.7. The van der Waals surface area contributed by atoms with Crippen LogP contribution in [-0.2, 0) is 15.0 Å². The van der Waals surface area contributed by atoms with Crippen molar-refractivity contribution in [1.29, 1.82) is 0 Å². The lowest BCUT2D eigenvalue weighted by Crippen LogP contribution is -2.15. The molecule has 0 saturated heterocycles. The van der Waals surface area contributed by atoms with Crippen LogP contribution in [0.5, 0.6) is 0 Å². The van der Waals surface area contributed by atoms with Crippen molar-refractivity contribution in [2.45, 2.75) is 245 Å². The second-order valence-electron chi connectivity index (χ2n) is 18.6. The molecule has 60 heavy (non-hydrogen) atoms. The van der Waals surface area contributed by atoms with E-state index in [9.17, 15) is 9.59 Å². The van der Waals surface area contributed by atoms with Gasteiger partial charge in [0.1, 0.15) is 5.02 Å². The number of nitrogens with zero attached hydrogens (tertiary/aromatic N) is 3. The van der Waals surface area contributed by atoms with Crippen LogP contribution in [-0.4, -0.2) is 31.6 Å². The van der Waals surface area contributed by atoms with E-state index >= 15 is 0 Å². The SMILES string of the molecule is CCCCCCCCCCCCCCCCCC(=O)Nc1cc(-c2nn3nc(C(C)(C)C)c(Cl)c3[nH]2)cc(NC(=O)CCCCCCCCCCCCCCCCC)c1Cl. The van der Waals surface area contributed by atoms with Crippen LogP contribution >= 0.6 is 23.2 Å². The number of fused-ring (bicyclic) bond motifs is 1. The third-order valence-corrected chi connectivity index (χ3v) is 12.6. The molecule has 0 atom stereocenters. The molecule has 0 fully saturated rings. The van der Waals surface area contributed by atoms with Crippen LogP contribution in [0.4, 0.5) is 11.4 Å². The van der Waals surface area contributed by atoms with Gasteiger partial charge in [-0.3, -0.25) is 9.59 Å². The molecule has 3 aromatic rings. The molecule has 340 valence electrons. The van der Waals surface area contributed by atoms with Crippen LogP contribution in [0.25, 0.3) is 17.0 Å². The summed E-state index contributed by atoms with van der Waals surface area (Å²) < 4.78 is 1.51. The number of benzene rings is 1. The van der Waals surface area contributed by atoms with E-state index in [1.807, 2.05) is 0 Å². The highest BCUT2D eigenvalue weighted by atomic mass is 35.5. The van der Waals surface area contributed by atoms with Gasteiger partial charge >= 0.3 is 0 Å². The van der Waals surface area contributed by atoms with Crippen LogP contribution in [0.2, 0.25) is 10.0 Å².